The highest BCUT2D eigenvalue weighted by Gasteiger charge is 2.29. The fraction of sp³-hybridized carbons (Fsp3) is 0.316. The average molecular weight is 358 g/mol. The second kappa shape index (κ2) is 6.52. The molecule has 0 bridgehead atoms. The lowest BCUT2D eigenvalue weighted by Gasteiger charge is -2.20. The number of nitrogens with zero attached hydrogens (tertiary/aromatic N) is 1. The molecule has 6 heteroatoms. The monoisotopic (exact) mass is 358 g/mol. The summed E-state index contributed by atoms with van der Waals surface area (Å²) >= 11 is 0. The van der Waals surface area contributed by atoms with Gasteiger partial charge in [0.25, 0.3) is 5.91 Å². The Morgan fingerprint density at radius 3 is 2.36 bits per heavy atom. The number of rotatable bonds is 3. The number of carbonyl (C=O) groups is 1. The highest BCUT2D eigenvalue weighted by atomic mass is 32.2. The molecule has 5 nitrogen and oxygen atoms in total. The van der Waals surface area contributed by atoms with Crippen LogP contribution in [0.2, 0.25) is 0 Å². The Hall–Kier alpha value is -2.34. The third kappa shape index (κ3) is 3.54. The number of nitrogens with one attached hydrogen (secondary N) is 1. The molecule has 2 aromatic rings. The largest absolute Gasteiger partial charge is 0.322 e. The summed E-state index contributed by atoms with van der Waals surface area (Å²) in [5.74, 6) is -0.0340. The van der Waals surface area contributed by atoms with Gasteiger partial charge in [-0.1, -0.05) is 12.1 Å². The van der Waals surface area contributed by atoms with Crippen molar-refractivity contribution in [1.29, 1.82) is 0 Å². The molecule has 1 aliphatic rings. The maximum Gasteiger partial charge on any atom is 0.255 e. The lowest BCUT2D eigenvalue weighted by Crippen LogP contribution is -2.26. The molecular weight excluding hydrogens is 336 g/mol. The number of sulfonamides is 1. The van der Waals surface area contributed by atoms with E-state index in [-0.39, 0.29) is 11.7 Å². The van der Waals surface area contributed by atoms with Crippen molar-refractivity contribution in [1.82, 2.24) is 0 Å². The molecule has 0 radical (unpaired) electrons. The summed E-state index contributed by atoms with van der Waals surface area (Å²) in [4.78, 5) is 12.5. The molecule has 0 aliphatic carbocycles. The first-order valence-corrected chi connectivity index (χ1v) is 9.88. The first-order valence-electron chi connectivity index (χ1n) is 8.27. The Labute approximate surface area is 148 Å². The van der Waals surface area contributed by atoms with Gasteiger partial charge in [-0.25, -0.2) is 8.42 Å². The molecular formula is C19H22N2O3S. The van der Waals surface area contributed by atoms with Gasteiger partial charge in [0.15, 0.2) is 0 Å². The number of carbonyl (C=O) groups excluding carboxylic acids is 1. The van der Waals surface area contributed by atoms with Gasteiger partial charge in [0.1, 0.15) is 0 Å². The van der Waals surface area contributed by atoms with E-state index in [0.717, 1.165) is 16.7 Å². The van der Waals surface area contributed by atoms with Gasteiger partial charge in [0, 0.05) is 17.8 Å². The van der Waals surface area contributed by atoms with E-state index in [1.54, 1.807) is 18.2 Å². The van der Waals surface area contributed by atoms with E-state index in [2.05, 4.69) is 5.32 Å². The molecule has 1 aliphatic heterocycles. The summed E-state index contributed by atoms with van der Waals surface area (Å²) in [6.07, 6.45) is 0.626. The molecule has 0 aromatic heterocycles. The van der Waals surface area contributed by atoms with E-state index in [9.17, 15) is 13.2 Å². The van der Waals surface area contributed by atoms with Gasteiger partial charge in [-0.05, 0) is 68.1 Å². The van der Waals surface area contributed by atoms with Crippen molar-refractivity contribution in [3.8, 4) is 0 Å². The van der Waals surface area contributed by atoms with Gasteiger partial charge in [0.2, 0.25) is 10.0 Å². The molecule has 1 saturated heterocycles. The van der Waals surface area contributed by atoms with E-state index in [4.69, 9.17) is 0 Å². The van der Waals surface area contributed by atoms with Crippen LogP contribution in [0.4, 0.5) is 11.4 Å². The Kier molecular flexibility index (Phi) is 4.56. The van der Waals surface area contributed by atoms with E-state index in [0.29, 0.717) is 29.9 Å². The van der Waals surface area contributed by atoms with Crippen molar-refractivity contribution in [2.75, 3.05) is 21.9 Å². The van der Waals surface area contributed by atoms with Crippen LogP contribution in [0.3, 0.4) is 0 Å². The molecule has 2 aromatic carbocycles. The molecule has 0 saturated carbocycles. The summed E-state index contributed by atoms with van der Waals surface area (Å²) in [7, 11) is -3.25. The van der Waals surface area contributed by atoms with Crippen molar-refractivity contribution >= 4 is 27.3 Å². The van der Waals surface area contributed by atoms with Gasteiger partial charge in [-0.3, -0.25) is 9.10 Å². The zero-order valence-electron chi connectivity index (χ0n) is 14.7. The molecule has 0 atom stereocenters. The third-order valence-corrected chi connectivity index (χ3v) is 6.46. The van der Waals surface area contributed by atoms with Crippen molar-refractivity contribution in [3.63, 3.8) is 0 Å². The highest BCUT2D eigenvalue weighted by Crippen LogP contribution is 2.30. The zero-order chi connectivity index (χ0) is 18.2. The van der Waals surface area contributed by atoms with Crippen molar-refractivity contribution in [2.24, 2.45) is 0 Å². The standard InChI is InChI=1S/C19H22N2O3S/c1-13-5-7-16(11-15(13)3)19(22)20-17-8-6-14(2)18(12-17)21-9-4-10-25(21,23)24/h5-8,11-12H,4,9-10H2,1-3H3,(H,20,22). The smallest absolute Gasteiger partial charge is 0.255 e. The molecule has 0 spiro atoms. The van der Waals surface area contributed by atoms with E-state index in [1.807, 2.05) is 39.0 Å². The minimum atomic E-state index is -3.25. The minimum absolute atomic E-state index is 0.172. The minimum Gasteiger partial charge on any atom is -0.322 e. The number of aryl methyl sites for hydroxylation is 3. The fourth-order valence-corrected chi connectivity index (χ4v) is 4.57. The number of hydrogen-bond acceptors (Lipinski definition) is 3. The summed E-state index contributed by atoms with van der Waals surface area (Å²) in [6.45, 7) is 6.32. The SMILES string of the molecule is Cc1ccc(C(=O)Nc2ccc(C)c(N3CCCS3(=O)=O)c2)cc1C. The number of hydrogen-bond donors (Lipinski definition) is 1. The first kappa shape index (κ1) is 17.5. The quantitative estimate of drug-likeness (QED) is 0.914. The number of anilines is 2. The van der Waals surface area contributed by atoms with Gasteiger partial charge in [-0.15, -0.1) is 0 Å². The molecule has 3 rings (SSSR count). The van der Waals surface area contributed by atoms with Crippen molar-refractivity contribution in [2.45, 2.75) is 27.2 Å². The average Bonchev–Trinajstić information content (AvgIpc) is 2.91. The molecule has 1 amide bonds. The van der Waals surface area contributed by atoms with Gasteiger partial charge < -0.3 is 5.32 Å². The van der Waals surface area contributed by atoms with Gasteiger partial charge >= 0.3 is 0 Å². The molecule has 132 valence electrons. The summed E-state index contributed by atoms with van der Waals surface area (Å²) in [5.41, 5.74) is 4.86. The van der Waals surface area contributed by atoms with Crippen LogP contribution in [0.15, 0.2) is 36.4 Å². The van der Waals surface area contributed by atoms with Crippen LogP contribution in [-0.4, -0.2) is 26.6 Å². The Balaban J connectivity index is 1.87. The van der Waals surface area contributed by atoms with Gasteiger partial charge in [-0.2, -0.15) is 0 Å². The van der Waals surface area contributed by atoms with Crippen LogP contribution in [0.25, 0.3) is 0 Å². The van der Waals surface area contributed by atoms with Crippen LogP contribution in [0.1, 0.15) is 33.5 Å². The van der Waals surface area contributed by atoms with Crippen molar-refractivity contribution < 1.29 is 13.2 Å². The van der Waals surface area contributed by atoms with E-state index < -0.39 is 10.0 Å². The first-order chi connectivity index (χ1) is 11.8. The predicted octanol–water partition coefficient (Wildman–Crippen LogP) is 3.40. The number of amides is 1. The topological polar surface area (TPSA) is 66.5 Å². The Bertz CT molecular complexity index is 936. The highest BCUT2D eigenvalue weighted by molar-refractivity contribution is 7.93. The van der Waals surface area contributed by atoms with Gasteiger partial charge in [0.05, 0.1) is 11.4 Å². The molecule has 1 N–H and O–H groups in total. The van der Waals surface area contributed by atoms with Crippen LogP contribution in [0, 0.1) is 20.8 Å². The summed E-state index contributed by atoms with van der Waals surface area (Å²) < 4.78 is 25.8. The molecule has 1 fully saturated rings. The maximum atomic E-state index is 12.5. The van der Waals surface area contributed by atoms with Crippen LogP contribution < -0.4 is 9.62 Å². The second-order valence-electron chi connectivity index (χ2n) is 6.50. The van der Waals surface area contributed by atoms with Crippen LogP contribution in [-0.2, 0) is 10.0 Å². The summed E-state index contributed by atoms with van der Waals surface area (Å²) in [5, 5.41) is 2.86. The lowest BCUT2D eigenvalue weighted by atomic mass is 10.1. The Morgan fingerprint density at radius 2 is 1.72 bits per heavy atom. The van der Waals surface area contributed by atoms with Crippen LogP contribution >= 0.6 is 0 Å². The summed E-state index contributed by atoms with van der Waals surface area (Å²) in [6, 6.07) is 10.9. The third-order valence-electron chi connectivity index (χ3n) is 4.60. The second-order valence-corrected chi connectivity index (χ2v) is 8.51. The fourth-order valence-electron chi connectivity index (χ4n) is 2.95. The zero-order valence-corrected chi connectivity index (χ0v) is 15.5. The maximum absolute atomic E-state index is 12.5. The normalized spacial score (nSPS) is 16.0. The van der Waals surface area contributed by atoms with E-state index in [1.165, 1.54) is 4.31 Å². The lowest BCUT2D eigenvalue weighted by molar-refractivity contribution is 0.102. The number of benzene rings is 2. The molecule has 1 heterocycles. The molecule has 0 unspecified atom stereocenters. The Morgan fingerprint density at radius 1 is 1.00 bits per heavy atom. The van der Waals surface area contributed by atoms with E-state index >= 15 is 0 Å². The predicted molar refractivity (Wildman–Crippen MR) is 101 cm³/mol. The van der Waals surface area contributed by atoms with Crippen molar-refractivity contribution in [3.05, 3.63) is 58.7 Å². The molecule has 25 heavy (non-hydrogen) atoms. The van der Waals surface area contributed by atoms with Crippen LogP contribution in [0.5, 0.6) is 0 Å².